The molecule has 3 unspecified atom stereocenters. The number of nitrogens with one attached hydrogen (secondary N) is 1. The lowest BCUT2D eigenvalue weighted by atomic mass is 10.0. The van der Waals surface area contributed by atoms with Crippen LogP contribution in [0, 0.1) is 0 Å². The first-order valence-corrected chi connectivity index (χ1v) is 25.1. The number of amides is 1. The average Bonchev–Trinajstić information content (AvgIpc) is 3.20. The highest BCUT2D eigenvalue weighted by molar-refractivity contribution is 5.77. The minimum atomic E-state index is -0.786. The minimum Gasteiger partial charge on any atom is -0.462 e. The van der Waals surface area contributed by atoms with Gasteiger partial charge < -0.3 is 20.3 Å². The van der Waals surface area contributed by atoms with Gasteiger partial charge in [-0.05, 0) is 51.4 Å². The lowest BCUT2D eigenvalue weighted by Gasteiger charge is -2.24. The topological polar surface area (TPSA) is 95.9 Å². The molecule has 0 aliphatic heterocycles. The van der Waals surface area contributed by atoms with Gasteiger partial charge >= 0.3 is 5.97 Å². The number of carbonyl (C=O) groups is 2. The molecule has 0 aromatic heterocycles. The number of unbranched alkanes of at least 4 members (excludes halogenated alkanes) is 30. The summed E-state index contributed by atoms with van der Waals surface area (Å²) in [5.41, 5.74) is 0. The van der Waals surface area contributed by atoms with Gasteiger partial charge in [0.2, 0.25) is 5.91 Å². The molecule has 0 spiro atoms. The highest BCUT2D eigenvalue weighted by Gasteiger charge is 2.24. The maximum absolute atomic E-state index is 13.1. The summed E-state index contributed by atoms with van der Waals surface area (Å²) in [6, 6.07) is -0.700. The Morgan fingerprint density at radius 3 is 1.30 bits per heavy atom. The Morgan fingerprint density at radius 1 is 0.509 bits per heavy atom. The van der Waals surface area contributed by atoms with Gasteiger partial charge in [0.1, 0.15) is 6.10 Å². The van der Waals surface area contributed by atoms with Crippen LogP contribution in [0.3, 0.4) is 0 Å². The highest BCUT2D eigenvalue weighted by Crippen LogP contribution is 2.18. The summed E-state index contributed by atoms with van der Waals surface area (Å²) in [6.45, 7) is 6.46. The second-order valence-electron chi connectivity index (χ2n) is 17.3. The number of ether oxygens (including phenoxy) is 1. The van der Waals surface area contributed by atoms with Crippen LogP contribution >= 0.6 is 0 Å². The summed E-state index contributed by atoms with van der Waals surface area (Å²) in [6.07, 6.45) is 51.0. The van der Waals surface area contributed by atoms with Crippen molar-refractivity contribution in [1.29, 1.82) is 0 Å². The molecule has 0 heterocycles. The quantitative estimate of drug-likeness (QED) is 0.0324. The van der Waals surface area contributed by atoms with Crippen molar-refractivity contribution in [2.45, 2.75) is 283 Å². The van der Waals surface area contributed by atoms with Crippen LogP contribution in [0.25, 0.3) is 0 Å². The van der Waals surface area contributed by atoms with E-state index in [4.69, 9.17) is 4.74 Å². The SMILES string of the molecule is CCCCCCCCC/C=C/C=C/CCCCCC(=O)OC(CCCCCCCCCCC)CC(=O)NC(CO)C(O)CCCCCCCCCCCCCCC. The van der Waals surface area contributed by atoms with Crippen LogP contribution in [0.1, 0.15) is 265 Å². The maximum atomic E-state index is 13.1. The first-order valence-electron chi connectivity index (χ1n) is 25.1. The van der Waals surface area contributed by atoms with Crippen molar-refractivity contribution in [1.82, 2.24) is 5.32 Å². The molecule has 0 fully saturated rings. The molecule has 0 saturated heterocycles. The Bertz CT molecular complexity index is 904. The molecule has 0 aromatic rings. The van der Waals surface area contributed by atoms with Gasteiger partial charge in [0.05, 0.1) is 25.2 Å². The third-order valence-corrected chi connectivity index (χ3v) is 11.6. The van der Waals surface area contributed by atoms with Crippen molar-refractivity contribution in [3.63, 3.8) is 0 Å². The molecule has 0 aliphatic rings. The number of esters is 1. The fourth-order valence-corrected chi connectivity index (χ4v) is 7.72. The molecule has 336 valence electrons. The van der Waals surface area contributed by atoms with E-state index in [1.54, 1.807) is 0 Å². The summed E-state index contributed by atoms with van der Waals surface area (Å²) >= 11 is 0. The molecule has 3 atom stereocenters. The van der Waals surface area contributed by atoms with E-state index in [0.717, 1.165) is 57.8 Å². The van der Waals surface area contributed by atoms with E-state index in [0.29, 0.717) is 19.3 Å². The van der Waals surface area contributed by atoms with Crippen LogP contribution in [0.5, 0.6) is 0 Å². The van der Waals surface area contributed by atoms with E-state index < -0.39 is 18.2 Å². The van der Waals surface area contributed by atoms with E-state index >= 15 is 0 Å². The summed E-state index contributed by atoms with van der Waals surface area (Å²) in [5, 5.41) is 23.7. The zero-order chi connectivity index (χ0) is 41.7. The maximum Gasteiger partial charge on any atom is 0.306 e. The van der Waals surface area contributed by atoms with Crippen molar-refractivity contribution in [2.24, 2.45) is 0 Å². The number of aliphatic hydroxyl groups is 2. The molecule has 0 rings (SSSR count). The lowest BCUT2D eigenvalue weighted by molar-refractivity contribution is -0.151. The molecule has 0 bridgehead atoms. The van der Waals surface area contributed by atoms with Crippen LogP contribution in [0.2, 0.25) is 0 Å². The van der Waals surface area contributed by atoms with E-state index in [9.17, 15) is 19.8 Å². The van der Waals surface area contributed by atoms with E-state index in [-0.39, 0.29) is 24.9 Å². The predicted molar refractivity (Wildman–Crippen MR) is 246 cm³/mol. The summed E-state index contributed by atoms with van der Waals surface area (Å²) in [4.78, 5) is 26.0. The zero-order valence-electron chi connectivity index (χ0n) is 38.2. The van der Waals surface area contributed by atoms with Crippen LogP contribution in [0.15, 0.2) is 24.3 Å². The third-order valence-electron chi connectivity index (χ3n) is 11.6. The van der Waals surface area contributed by atoms with Crippen molar-refractivity contribution >= 4 is 11.9 Å². The van der Waals surface area contributed by atoms with Gasteiger partial charge in [0.25, 0.3) is 0 Å². The smallest absolute Gasteiger partial charge is 0.306 e. The van der Waals surface area contributed by atoms with Crippen LogP contribution < -0.4 is 5.32 Å². The van der Waals surface area contributed by atoms with Gasteiger partial charge in [-0.15, -0.1) is 0 Å². The molecule has 3 N–H and O–H groups in total. The number of hydrogen-bond acceptors (Lipinski definition) is 5. The molecular formula is C51H97NO5. The van der Waals surface area contributed by atoms with Crippen molar-refractivity contribution in [2.75, 3.05) is 6.61 Å². The normalized spacial score (nSPS) is 13.4. The Morgan fingerprint density at radius 2 is 0.877 bits per heavy atom. The number of rotatable bonds is 45. The Balaban J connectivity index is 4.50. The molecule has 0 saturated carbocycles. The molecule has 0 aliphatic carbocycles. The summed E-state index contributed by atoms with van der Waals surface area (Å²) < 4.78 is 5.90. The van der Waals surface area contributed by atoms with Crippen molar-refractivity contribution < 1.29 is 24.5 Å². The van der Waals surface area contributed by atoms with Crippen molar-refractivity contribution in [3.05, 3.63) is 24.3 Å². The Hall–Kier alpha value is -1.66. The van der Waals surface area contributed by atoms with Gasteiger partial charge in [-0.1, -0.05) is 225 Å². The van der Waals surface area contributed by atoms with E-state index in [1.807, 2.05) is 0 Å². The van der Waals surface area contributed by atoms with Gasteiger partial charge in [0.15, 0.2) is 0 Å². The molecular weight excluding hydrogens is 707 g/mol. The average molecular weight is 804 g/mol. The molecule has 1 amide bonds. The first-order chi connectivity index (χ1) is 28.0. The molecule has 0 radical (unpaired) electrons. The van der Waals surface area contributed by atoms with Crippen LogP contribution in [0.4, 0.5) is 0 Å². The lowest BCUT2D eigenvalue weighted by Crippen LogP contribution is -2.46. The van der Waals surface area contributed by atoms with Crippen LogP contribution in [-0.2, 0) is 14.3 Å². The first kappa shape index (κ1) is 55.3. The summed E-state index contributed by atoms with van der Waals surface area (Å²) in [7, 11) is 0. The Labute approximate surface area is 354 Å². The predicted octanol–water partition coefficient (Wildman–Crippen LogP) is 14.7. The molecule has 6 heteroatoms. The van der Waals surface area contributed by atoms with Gasteiger partial charge in [-0.3, -0.25) is 9.59 Å². The monoisotopic (exact) mass is 804 g/mol. The fourth-order valence-electron chi connectivity index (χ4n) is 7.72. The molecule has 57 heavy (non-hydrogen) atoms. The zero-order valence-corrected chi connectivity index (χ0v) is 38.2. The standard InChI is InChI=1S/C51H97NO5/c1-4-7-10-13-16-19-21-23-24-25-27-29-32-35-38-41-44-51(56)57-47(42-39-36-33-30-18-15-12-9-6-3)45-50(55)52-48(46-53)49(54)43-40-37-34-31-28-26-22-20-17-14-11-8-5-2/h24-25,27,29,47-49,53-54H,4-23,26,28,30-46H2,1-3H3,(H,52,55)/b25-24+,29-27+. The van der Waals surface area contributed by atoms with Gasteiger partial charge in [0, 0.05) is 6.42 Å². The van der Waals surface area contributed by atoms with E-state index in [1.165, 1.54) is 161 Å². The minimum absolute atomic E-state index is 0.0714. The Kier molecular flexibility index (Phi) is 44.1. The second-order valence-corrected chi connectivity index (χ2v) is 17.3. The second kappa shape index (κ2) is 45.4. The molecule has 6 nitrogen and oxygen atoms in total. The number of allylic oxidation sites excluding steroid dienone is 4. The van der Waals surface area contributed by atoms with Crippen LogP contribution in [-0.4, -0.2) is 46.9 Å². The highest BCUT2D eigenvalue weighted by atomic mass is 16.5. The number of carbonyl (C=O) groups excluding carboxylic acids is 2. The fraction of sp³-hybridized carbons (Fsp3) is 0.882. The molecule has 0 aromatic carbocycles. The summed E-state index contributed by atoms with van der Waals surface area (Å²) in [5.74, 6) is -0.496. The van der Waals surface area contributed by atoms with Gasteiger partial charge in [-0.25, -0.2) is 0 Å². The van der Waals surface area contributed by atoms with Crippen molar-refractivity contribution in [3.8, 4) is 0 Å². The largest absolute Gasteiger partial charge is 0.462 e. The number of aliphatic hydroxyl groups excluding tert-OH is 2. The van der Waals surface area contributed by atoms with E-state index in [2.05, 4.69) is 50.4 Å². The van der Waals surface area contributed by atoms with Gasteiger partial charge in [-0.2, -0.15) is 0 Å². The third kappa shape index (κ3) is 40.9. The number of hydrogen-bond donors (Lipinski definition) is 3.